The molecular weight excluding hydrogens is 1680 g/mol. The van der Waals surface area contributed by atoms with E-state index in [1.807, 2.05) is 37.5 Å². The van der Waals surface area contributed by atoms with Crippen LogP contribution in [-0.2, 0) is 50.1 Å². The van der Waals surface area contributed by atoms with Crippen molar-refractivity contribution in [1.29, 1.82) is 0 Å². The zero-order valence-corrected chi connectivity index (χ0v) is 87.4. The monoisotopic (exact) mass is 1880 g/mol. The second-order valence-corrected chi connectivity index (χ2v) is 46.4. The Morgan fingerprint density at radius 2 is 0.425 bits per heavy atom. The fourth-order valence-electron chi connectivity index (χ4n) is 21.2. The molecule has 758 valence electrons. The smallest absolute Gasteiger partial charge is 0.231 e. The highest BCUT2D eigenvalue weighted by Crippen LogP contribution is 2.32. The number of unbranched alkanes of at least 4 members (excludes halogenated alkanes) is 48. The lowest BCUT2D eigenvalue weighted by Gasteiger charge is -2.45. The molecule has 4 atom stereocenters. The van der Waals surface area contributed by atoms with Gasteiger partial charge in [0.2, 0.25) is 11.8 Å². The van der Waals surface area contributed by atoms with Gasteiger partial charge in [-0.25, -0.2) is 33.7 Å². The number of aliphatic hydroxyl groups excluding tert-OH is 1. The molecule has 2 unspecified atom stereocenters. The van der Waals surface area contributed by atoms with E-state index in [0.717, 1.165) is 174 Å². The SMILES string of the molecule is CCCCCCCCCCCCCCCC[N+]1(CCCS(=O)(=O)[O-])CCC(O)CC1.CCCCCCCCCCCCCCCC[N+]1(CCCS(=O)(=O)[O-])CCCCC1.CCCCCCCCCCCCCC[N+]1(CCCS(=O)(=O)[O-])CCCC(C(=O)N(CC)CC)C1.CCCCCCCCCCCCCC[N@+]1(CCCS(=O)(=O)[O-])CCC[C@H](C(=O)N(CC)CC)C1. The number of rotatable bonds is 78. The Morgan fingerprint density at radius 3 is 0.638 bits per heavy atom. The van der Waals surface area contributed by atoms with E-state index in [1.165, 1.54) is 354 Å². The van der Waals surface area contributed by atoms with Crippen LogP contribution in [0.3, 0.4) is 0 Å². The topological polar surface area (TPSA) is 290 Å². The minimum Gasteiger partial charge on any atom is -0.748 e. The van der Waals surface area contributed by atoms with Gasteiger partial charge in [0.15, 0.2) is 0 Å². The summed E-state index contributed by atoms with van der Waals surface area (Å²) < 4.78 is 136. The van der Waals surface area contributed by atoms with Crippen molar-refractivity contribution in [3.63, 3.8) is 0 Å². The average Bonchev–Trinajstić information content (AvgIpc) is 0.817. The predicted octanol–water partition coefficient (Wildman–Crippen LogP) is 23.2. The Bertz CT molecular complexity index is 2930. The van der Waals surface area contributed by atoms with Crippen LogP contribution in [0.25, 0.3) is 0 Å². The first kappa shape index (κ1) is 123. The van der Waals surface area contributed by atoms with Gasteiger partial charge in [0.1, 0.15) is 0 Å². The Morgan fingerprint density at radius 1 is 0.244 bits per heavy atom. The minimum absolute atomic E-state index is 0.0230. The zero-order valence-electron chi connectivity index (χ0n) is 84.1. The van der Waals surface area contributed by atoms with Crippen LogP contribution in [0.5, 0.6) is 0 Å². The van der Waals surface area contributed by atoms with Crippen molar-refractivity contribution in [1.82, 2.24) is 9.80 Å². The Kier molecular flexibility index (Phi) is 75.2. The van der Waals surface area contributed by atoms with Crippen molar-refractivity contribution in [2.45, 2.75) is 479 Å². The fourth-order valence-corrected chi connectivity index (χ4v) is 23.2. The van der Waals surface area contributed by atoms with Crippen molar-refractivity contribution >= 4 is 52.3 Å². The first-order valence-corrected chi connectivity index (χ1v) is 60.6. The first-order valence-electron chi connectivity index (χ1n) is 54.3. The van der Waals surface area contributed by atoms with Crippen molar-refractivity contribution in [2.75, 3.05) is 154 Å². The lowest BCUT2D eigenvalue weighted by atomic mass is 9.93. The molecule has 0 aliphatic carbocycles. The molecule has 1 N–H and O–H groups in total. The second-order valence-electron chi connectivity index (χ2n) is 40.3. The van der Waals surface area contributed by atoms with E-state index in [1.54, 1.807) is 0 Å². The number of amides is 2. The maximum Gasteiger partial charge on any atom is 0.231 e. The number of quaternary nitrogens is 4. The molecule has 4 heterocycles. The van der Waals surface area contributed by atoms with Gasteiger partial charge in [-0.15, -0.1) is 0 Å². The molecule has 21 nitrogen and oxygen atoms in total. The van der Waals surface area contributed by atoms with E-state index < -0.39 is 40.5 Å². The van der Waals surface area contributed by atoms with Crippen LogP contribution < -0.4 is 0 Å². The molecular formula is C102H206N6O15S4. The number of aliphatic hydroxyl groups is 1. The molecule has 25 heteroatoms. The molecule has 0 radical (unpaired) electrons. The van der Waals surface area contributed by atoms with Crippen molar-refractivity contribution in [3.05, 3.63) is 0 Å². The summed E-state index contributed by atoms with van der Waals surface area (Å²) in [5.74, 6) is -0.485. The van der Waals surface area contributed by atoms with Gasteiger partial charge in [0.25, 0.3) is 0 Å². The summed E-state index contributed by atoms with van der Waals surface area (Å²) in [7, 11) is -16.6. The summed E-state index contributed by atoms with van der Waals surface area (Å²) in [5.41, 5.74) is 0. The molecule has 2 amide bonds. The number of nitrogens with zero attached hydrogens (tertiary/aromatic N) is 6. The molecule has 0 saturated carbocycles. The van der Waals surface area contributed by atoms with Gasteiger partial charge in [-0.05, 0) is 124 Å². The molecule has 4 aliphatic rings. The molecule has 4 saturated heterocycles. The van der Waals surface area contributed by atoms with Gasteiger partial charge in [-0.2, -0.15) is 0 Å². The normalized spacial score (nSPS) is 20.4. The summed E-state index contributed by atoms with van der Waals surface area (Å²) in [6.07, 6.45) is 80.6. The van der Waals surface area contributed by atoms with Crippen LogP contribution in [-0.4, -0.2) is 257 Å². The van der Waals surface area contributed by atoms with E-state index in [4.69, 9.17) is 0 Å². The number of piperidine rings is 4. The van der Waals surface area contributed by atoms with Crippen LogP contribution >= 0.6 is 0 Å². The Balaban J connectivity index is 0.000000849. The number of hydrogen-bond donors (Lipinski definition) is 1. The Labute approximate surface area is 786 Å². The lowest BCUT2D eigenvalue weighted by molar-refractivity contribution is -0.935. The van der Waals surface area contributed by atoms with Crippen LogP contribution in [0.2, 0.25) is 0 Å². The molecule has 0 bridgehead atoms. The van der Waals surface area contributed by atoms with Crippen molar-refractivity contribution in [3.8, 4) is 0 Å². The minimum atomic E-state index is -4.19. The summed E-state index contributed by atoms with van der Waals surface area (Å²) in [5, 5.41) is 9.83. The van der Waals surface area contributed by atoms with Gasteiger partial charge in [0, 0.05) is 87.7 Å². The highest BCUT2D eigenvalue weighted by atomic mass is 32.2. The number of hydrogen-bond acceptors (Lipinski definition) is 15. The van der Waals surface area contributed by atoms with Crippen LogP contribution in [0.15, 0.2) is 0 Å². The van der Waals surface area contributed by atoms with E-state index in [0.29, 0.717) is 38.8 Å². The Hall–Kier alpha value is -1.62. The highest BCUT2D eigenvalue weighted by Gasteiger charge is 2.41. The molecule has 4 aliphatic heterocycles. The van der Waals surface area contributed by atoms with Crippen LogP contribution in [0.1, 0.15) is 473 Å². The first-order chi connectivity index (χ1) is 60.9. The third-order valence-electron chi connectivity index (χ3n) is 29.1. The van der Waals surface area contributed by atoms with E-state index in [-0.39, 0.29) is 52.8 Å². The molecule has 0 aromatic carbocycles. The van der Waals surface area contributed by atoms with Gasteiger partial charge in [-0.1, -0.05) is 310 Å². The maximum absolute atomic E-state index is 13.0. The third kappa shape index (κ3) is 68.9. The van der Waals surface area contributed by atoms with Gasteiger partial charge < -0.3 is 51.0 Å². The van der Waals surface area contributed by atoms with Crippen LogP contribution in [0, 0.1) is 11.8 Å². The van der Waals surface area contributed by atoms with Gasteiger partial charge in [0.05, 0.1) is 163 Å². The summed E-state index contributed by atoms with van der Waals surface area (Å²) in [6.45, 7) is 35.1. The highest BCUT2D eigenvalue weighted by molar-refractivity contribution is 7.86. The molecule has 4 fully saturated rings. The summed E-state index contributed by atoms with van der Waals surface area (Å²) >= 11 is 0. The van der Waals surface area contributed by atoms with E-state index in [2.05, 4.69) is 27.7 Å². The van der Waals surface area contributed by atoms with E-state index >= 15 is 0 Å². The average molecular weight is 1890 g/mol. The summed E-state index contributed by atoms with van der Waals surface area (Å²) in [4.78, 5) is 29.9. The maximum atomic E-state index is 13.0. The van der Waals surface area contributed by atoms with Crippen molar-refractivity contribution in [2.24, 2.45) is 11.8 Å². The molecule has 127 heavy (non-hydrogen) atoms. The van der Waals surface area contributed by atoms with Crippen LogP contribution in [0.4, 0.5) is 0 Å². The standard InChI is InChI=1S/2C27H54N2O4S.C24H49NO4S.C24H49NO3S/c2*1-4-7-8-9-10-11-12-13-14-15-16-17-21-29(23-19-24-34(31,32)33)22-18-20-26(25-29)27(30)28(5-2)6-3;1-2-3-4-5-6-7-8-9-10-11-12-13-14-15-19-25(20-16-23-30(27,28)29)21-17-24(26)18-22-25;1-2-3-4-5-6-7-8-9-10-11-12-13-14-16-20-25(21-17-15-18-22-25)23-19-24-29(26,27)28/h2*26H,4-25H2,1-3H3;24,26H,2-23H2,1H3;2-24H2,1H3/t26-,29+;;;/m0.../s1. The van der Waals surface area contributed by atoms with Gasteiger partial charge in [-0.3, -0.25) is 9.59 Å². The quantitative estimate of drug-likeness (QED) is 0.0336. The molecule has 0 aromatic heterocycles. The third-order valence-corrected chi connectivity index (χ3v) is 32.3. The lowest BCUT2D eigenvalue weighted by Crippen LogP contribution is -2.58. The number of carbonyl (C=O) groups excluding carboxylic acids is 2. The molecule has 0 spiro atoms. The number of likely N-dealkylation sites (tertiary alicyclic amines) is 4. The summed E-state index contributed by atoms with van der Waals surface area (Å²) in [6, 6.07) is 0. The molecule has 4 rings (SSSR count). The predicted molar refractivity (Wildman–Crippen MR) is 529 cm³/mol. The number of carbonyl (C=O) groups is 2. The van der Waals surface area contributed by atoms with Crippen molar-refractivity contribution < 1.29 is 84.5 Å². The fraction of sp³-hybridized carbons (Fsp3) is 0.980. The molecule has 0 aromatic rings. The second kappa shape index (κ2) is 77.4. The van der Waals surface area contributed by atoms with Gasteiger partial charge >= 0.3 is 0 Å². The zero-order chi connectivity index (χ0) is 94.0. The largest absolute Gasteiger partial charge is 0.748 e. The van der Waals surface area contributed by atoms with E-state index in [9.17, 15) is 66.6 Å².